The van der Waals surface area contributed by atoms with Crippen LogP contribution in [0.25, 0.3) is 0 Å². The summed E-state index contributed by atoms with van der Waals surface area (Å²) < 4.78 is 5.78. The van der Waals surface area contributed by atoms with E-state index in [1.165, 1.54) is 0 Å². The number of carbonyl (C=O) groups excluding carboxylic acids is 1. The van der Waals surface area contributed by atoms with E-state index in [1.807, 2.05) is 24.3 Å². The molecule has 1 fully saturated rings. The summed E-state index contributed by atoms with van der Waals surface area (Å²) in [5.41, 5.74) is 2.35. The Bertz CT molecular complexity index is 706. The van der Waals surface area contributed by atoms with Crippen molar-refractivity contribution in [1.82, 2.24) is 9.88 Å². The number of aromatic nitrogens is 1. The fraction of sp³-hybridized carbons (Fsp3) is 0.389. The third kappa shape index (κ3) is 4.17. The van der Waals surface area contributed by atoms with Gasteiger partial charge < -0.3 is 15.0 Å². The van der Waals surface area contributed by atoms with Gasteiger partial charge >= 0.3 is 0 Å². The number of aromatic amines is 1. The van der Waals surface area contributed by atoms with Crippen LogP contribution in [0.1, 0.15) is 29.9 Å². The third-order valence-corrected chi connectivity index (χ3v) is 4.27. The Morgan fingerprint density at radius 3 is 2.71 bits per heavy atom. The summed E-state index contributed by atoms with van der Waals surface area (Å²) in [4.78, 5) is 17.6. The lowest BCUT2D eigenvalue weighted by Crippen LogP contribution is -2.44. The second kappa shape index (κ2) is 7.38. The standard InChI is InChI=1S/C18H22ClN3O2/c1-12-9-22(10-13(2)24-12)11-14-5-3-4-6-16(14)21-18(23)17-7-15(19)8-20-17/h3-8,12-13,20H,9-11H2,1-2H3,(H,21,23). The van der Waals surface area contributed by atoms with Crippen molar-refractivity contribution in [3.63, 3.8) is 0 Å². The Labute approximate surface area is 146 Å². The Morgan fingerprint density at radius 2 is 2.04 bits per heavy atom. The number of H-pyrrole nitrogens is 1. The number of rotatable bonds is 4. The van der Waals surface area contributed by atoms with Gasteiger partial charge in [-0.3, -0.25) is 9.69 Å². The number of amides is 1. The highest BCUT2D eigenvalue weighted by Crippen LogP contribution is 2.21. The van der Waals surface area contributed by atoms with Gasteiger partial charge in [0, 0.05) is 31.5 Å². The summed E-state index contributed by atoms with van der Waals surface area (Å²) in [6, 6.07) is 9.49. The molecule has 1 aromatic carbocycles. The maximum atomic E-state index is 12.3. The molecular weight excluding hydrogens is 326 g/mol. The second-order valence-corrected chi connectivity index (χ2v) is 6.73. The maximum Gasteiger partial charge on any atom is 0.272 e. The molecule has 0 radical (unpaired) electrons. The van der Waals surface area contributed by atoms with Crippen LogP contribution in [0.15, 0.2) is 36.5 Å². The Kier molecular flexibility index (Phi) is 5.23. The van der Waals surface area contributed by atoms with Crippen molar-refractivity contribution in [2.24, 2.45) is 0 Å². The van der Waals surface area contributed by atoms with Crippen LogP contribution < -0.4 is 5.32 Å². The van der Waals surface area contributed by atoms with Gasteiger partial charge in [0.2, 0.25) is 0 Å². The van der Waals surface area contributed by atoms with Crippen LogP contribution in [-0.2, 0) is 11.3 Å². The maximum absolute atomic E-state index is 12.3. The molecule has 5 nitrogen and oxygen atoms in total. The zero-order valence-corrected chi connectivity index (χ0v) is 14.6. The Morgan fingerprint density at radius 1 is 1.33 bits per heavy atom. The van der Waals surface area contributed by atoms with Gasteiger partial charge in [0.15, 0.2) is 0 Å². The highest BCUT2D eigenvalue weighted by molar-refractivity contribution is 6.31. The van der Waals surface area contributed by atoms with Crippen LogP contribution in [0, 0.1) is 0 Å². The van der Waals surface area contributed by atoms with Gasteiger partial charge in [0.1, 0.15) is 5.69 Å². The number of hydrogen-bond donors (Lipinski definition) is 2. The molecule has 2 N–H and O–H groups in total. The molecule has 3 rings (SSSR count). The number of carbonyl (C=O) groups is 1. The first-order valence-corrected chi connectivity index (χ1v) is 8.50. The highest BCUT2D eigenvalue weighted by Gasteiger charge is 2.23. The number of halogens is 1. The number of morpholine rings is 1. The quantitative estimate of drug-likeness (QED) is 0.889. The second-order valence-electron chi connectivity index (χ2n) is 6.29. The molecule has 0 saturated carbocycles. The lowest BCUT2D eigenvalue weighted by Gasteiger charge is -2.35. The summed E-state index contributed by atoms with van der Waals surface area (Å²) in [6.45, 7) is 6.73. The minimum absolute atomic E-state index is 0.196. The predicted molar refractivity (Wildman–Crippen MR) is 95.5 cm³/mol. The molecule has 1 aromatic heterocycles. The molecule has 1 amide bonds. The summed E-state index contributed by atoms with van der Waals surface area (Å²) in [6.07, 6.45) is 2.03. The lowest BCUT2D eigenvalue weighted by atomic mass is 10.1. The molecule has 0 bridgehead atoms. The molecule has 24 heavy (non-hydrogen) atoms. The van der Waals surface area contributed by atoms with Gasteiger partial charge in [-0.2, -0.15) is 0 Å². The minimum atomic E-state index is -0.196. The zero-order chi connectivity index (χ0) is 17.1. The van der Waals surface area contributed by atoms with Crippen LogP contribution in [0.3, 0.4) is 0 Å². The number of benzene rings is 1. The SMILES string of the molecule is CC1CN(Cc2ccccc2NC(=O)c2cc(Cl)c[nH]2)CC(C)O1. The van der Waals surface area contributed by atoms with E-state index in [1.54, 1.807) is 12.3 Å². The van der Waals surface area contributed by atoms with E-state index in [-0.39, 0.29) is 18.1 Å². The van der Waals surface area contributed by atoms with E-state index in [9.17, 15) is 4.79 Å². The molecule has 2 unspecified atom stereocenters. The molecule has 0 spiro atoms. The molecule has 2 atom stereocenters. The first-order valence-electron chi connectivity index (χ1n) is 8.12. The average molecular weight is 348 g/mol. The van der Waals surface area contributed by atoms with E-state index in [2.05, 4.69) is 29.0 Å². The first kappa shape index (κ1) is 17.0. The molecule has 1 aliphatic rings. The number of nitrogens with zero attached hydrogens (tertiary/aromatic N) is 1. The van der Waals surface area contributed by atoms with Crippen LogP contribution in [0.2, 0.25) is 5.02 Å². The van der Waals surface area contributed by atoms with Crippen molar-refractivity contribution >= 4 is 23.2 Å². The van der Waals surface area contributed by atoms with Gasteiger partial charge in [-0.1, -0.05) is 29.8 Å². The van der Waals surface area contributed by atoms with Crippen LogP contribution in [0.4, 0.5) is 5.69 Å². The van der Waals surface area contributed by atoms with Crippen LogP contribution >= 0.6 is 11.6 Å². The minimum Gasteiger partial charge on any atom is -0.373 e. The molecule has 2 aromatic rings. The topological polar surface area (TPSA) is 57.4 Å². The van der Waals surface area contributed by atoms with E-state index >= 15 is 0 Å². The summed E-state index contributed by atoms with van der Waals surface area (Å²) in [7, 11) is 0. The Balaban J connectivity index is 1.72. The van der Waals surface area contributed by atoms with Gasteiger partial charge in [-0.05, 0) is 31.5 Å². The Hall–Kier alpha value is -1.82. The normalized spacial score (nSPS) is 21.6. The molecule has 6 heteroatoms. The number of nitrogens with one attached hydrogen (secondary N) is 2. The molecule has 2 heterocycles. The fourth-order valence-electron chi connectivity index (χ4n) is 3.12. The zero-order valence-electron chi connectivity index (χ0n) is 13.9. The van der Waals surface area contributed by atoms with Gasteiger partial charge in [-0.25, -0.2) is 0 Å². The van der Waals surface area contributed by atoms with Gasteiger partial charge in [0.25, 0.3) is 5.91 Å². The number of para-hydroxylation sites is 1. The predicted octanol–water partition coefficient (Wildman–Crippen LogP) is 3.53. The van der Waals surface area contributed by atoms with E-state index in [0.29, 0.717) is 10.7 Å². The van der Waals surface area contributed by atoms with Crippen LogP contribution in [0.5, 0.6) is 0 Å². The molecule has 1 aliphatic heterocycles. The number of hydrogen-bond acceptors (Lipinski definition) is 3. The molecule has 1 saturated heterocycles. The molecule has 128 valence electrons. The largest absolute Gasteiger partial charge is 0.373 e. The number of anilines is 1. The van der Waals surface area contributed by atoms with Gasteiger partial charge in [-0.15, -0.1) is 0 Å². The van der Waals surface area contributed by atoms with E-state index < -0.39 is 0 Å². The number of ether oxygens (including phenoxy) is 1. The monoisotopic (exact) mass is 347 g/mol. The van der Waals surface area contributed by atoms with Crippen molar-refractivity contribution in [2.75, 3.05) is 18.4 Å². The highest BCUT2D eigenvalue weighted by atomic mass is 35.5. The lowest BCUT2D eigenvalue weighted by molar-refractivity contribution is -0.0704. The summed E-state index contributed by atoms with van der Waals surface area (Å²) in [5.74, 6) is -0.196. The summed E-state index contributed by atoms with van der Waals surface area (Å²) >= 11 is 5.87. The van der Waals surface area contributed by atoms with Crippen molar-refractivity contribution in [3.05, 3.63) is 52.8 Å². The fourth-order valence-corrected chi connectivity index (χ4v) is 3.29. The van der Waals surface area contributed by atoms with E-state index in [4.69, 9.17) is 16.3 Å². The van der Waals surface area contributed by atoms with Crippen molar-refractivity contribution in [1.29, 1.82) is 0 Å². The summed E-state index contributed by atoms with van der Waals surface area (Å²) in [5, 5.41) is 3.48. The van der Waals surface area contributed by atoms with Crippen LogP contribution in [-0.4, -0.2) is 41.1 Å². The van der Waals surface area contributed by atoms with Gasteiger partial charge in [0.05, 0.1) is 17.2 Å². The van der Waals surface area contributed by atoms with Crippen molar-refractivity contribution in [3.8, 4) is 0 Å². The first-order chi connectivity index (χ1) is 11.5. The molecule has 0 aliphatic carbocycles. The third-order valence-electron chi connectivity index (χ3n) is 4.05. The van der Waals surface area contributed by atoms with E-state index in [0.717, 1.165) is 30.9 Å². The van der Waals surface area contributed by atoms with Crippen molar-refractivity contribution in [2.45, 2.75) is 32.6 Å². The average Bonchev–Trinajstić information content (AvgIpc) is 2.95. The smallest absolute Gasteiger partial charge is 0.272 e. The van der Waals surface area contributed by atoms with Crippen molar-refractivity contribution < 1.29 is 9.53 Å². The molecular formula is C18H22ClN3O2.